The lowest BCUT2D eigenvalue weighted by Gasteiger charge is -2.22. The van der Waals surface area contributed by atoms with Gasteiger partial charge in [0.05, 0.1) is 7.11 Å². The summed E-state index contributed by atoms with van der Waals surface area (Å²) in [5, 5.41) is 2.97. The summed E-state index contributed by atoms with van der Waals surface area (Å²) in [5.74, 6) is 2.16. The highest BCUT2D eigenvalue weighted by Crippen LogP contribution is 2.31. The van der Waals surface area contributed by atoms with Crippen LogP contribution in [0.15, 0.2) is 48.5 Å². The van der Waals surface area contributed by atoms with Gasteiger partial charge in [0.2, 0.25) is 0 Å². The number of para-hydroxylation sites is 2. The van der Waals surface area contributed by atoms with Gasteiger partial charge in [-0.3, -0.25) is 4.90 Å². The maximum absolute atomic E-state index is 12.0. The van der Waals surface area contributed by atoms with Gasteiger partial charge in [-0.05, 0) is 57.0 Å². The number of likely N-dealkylation sites (tertiary alicyclic amines) is 1. The highest BCUT2D eigenvalue weighted by Gasteiger charge is 2.26. The first-order chi connectivity index (χ1) is 13.8. The van der Waals surface area contributed by atoms with E-state index in [4.69, 9.17) is 14.2 Å². The zero-order valence-corrected chi connectivity index (χ0v) is 17.6. The van der Waals surface area contributed by atoms with E-state index >= 15 is 0 Å². The number of alkyl carbamates (subject to hydrolysis) is 1. The molecule has 2 aromatic rings. The minimum absolute atomic E-state index is 0.109. The predicted octanol–water partition coefficient (Wildman–Crippen LogP) is 4.59. The smallest absolute Gasteiger partial charge is 0.407 e. The highest BCUT2D eigenvalue weighted by atomic mass is 16.6. The molecule has 1 N–H and O–H groups in total. The summed E-state index contributed by atoms with van der Waals surface area (Å²) >= 11 is 0. The monoisotopic (exact) mass is 398 g/mol. The van der Waals surface area contributed by atoms with Gasteiger partial charge in [0.15, 0.2) is 11.5 Å². The lowest BCUT2D eigenvalue weighted by Crippen LogP contribution is -2.40. The Labute approximate surface area is 172 Å². The Balaban J connectivity index is 1.55. The molecule has 2 aromatic carbocycles. The van der Waals surface area contributed by atoms with Crippen LogP contribution in [-0.4, -0.2) is 42.8 Å². The van der Waals surface area contributed by atoms with Crippen molar-refractivity contribution in [2.45, 2.75) is 45.4 Å². The molecule has 1 amide bonds. The third-order valence-corrected chi connectivity index (χ3v) is 4.59. The van der Waals surface area contributed by atoms with Crippen molar-refractivity contribution in [2.24, 2.45) is 0 Å². The van der Waals surface area contributed by atoms with Gasteiger partial charge in [0.1, 0.15) is 11.4 Å². The Morgan fingerprint density at radius 2 is 1.90 bits per heavy atom. The summed E-state index contributed by atoms with van der Waals surface area (Å²) in [5.41, 5.74) is 0.680. The van der Waals surface area contributed by atoms with Gasteiger partial charge in [-0.1, -0.05) is 24.3 Å². The van der Waals surface area contributed by atoms with Crippen molar-refractivity contribution in [3.8, 4) is 17.2 Å². The van der Waals surface area contributed by atoms with Crippen LogP contribution in [0.25, 0.3) is 0 Å². The van der Waals surface area contributed by atoms with Gasteiger partial charge < -0.3 is 19.5 Å². The van der Waals surface area contributed by atoms with E-state index in [1.54, 1.807) is 7.11 Å². The third kappa shape index (κ3) is 6.39. The van der Waals surface area contributed by atoms with Gasteiger partial charge in [-0.25, -0.2) is 4.79 Å². The molecule has 1 aliphatic heterocycles. The Morgan fingerprint density at radius 3 is 2.62 bits per heavy atom. The summed E-state index contributed by atoms with van der Waals surface area (Å²) in [4.78, 5) is 14.3. The van der Waals surface area contributed by atoms with Gasteiger partial charge in [0.25, 0.3) is 0 Å². The van der Waals surface area contributed by atoms with E-state index < -0.39 is 5.60 Å². The fraction of sp³-hybridized carbons (Fsp3) is 0.435. The van der Waals surface area contributed by atoms with Crippen molar-refractivity contribution in [1.82, 2.24) is 10.2 Å². The fourth-order valence-electron chi connectivity index (χ4n) is 3.36. The molecular weight excluding hydrogens is 368 g/mol. The van der Waals surface area contributed by atoms with E-state index in [1.165, 1.54) is 0 Å². The molecule has 1 atom stereocenters. The van der Waals surface area contributed by atoms with Gasteiger partial charge in [-0.2, -0.15) is 0 Å². The molecule has 29 heavy (non-hydrogen) atoms. The van der Waals surface area contributed by atoms with Crippen molar-refractivity contribution >= 4 is 6.09 Å². The first kappa shape index (κ1) is 21.0. The molecular formula is C23H30N2O4. The summed E-state index contributed by atoms with van der Waals surface area (Å²) in [6, 6.07) is 15.8. The van der Waals surface area contributed by atoms with Crippen LogP contribution in [0.4, 0.5) is 4.79 Å². The number of nitrogens with zero attached hydrogens (tertiary/aromatic N) is 1. The van der Waals surface area contributed by atoms with Crippen molar-refractivity contribution in [1.29, 1.82) is 0 Å². The molecule has 1 saturated heterocycles. The molecule has 1 heterocycles. The fourth-order valence-corrected chi connectivity index (χ4v) is 3.36. The lowest BCUT2D eigenvalue weighted by atomic mass is 10.2. The number of hydrogen-bond donors (Lipinski definition) is 1. The van der Waals surface area contributed by atoms with E-state index in [2.05, 4.69) is 16.3 Å². The quantitative estimate of drug-likeness (QED) is 0.771. The average Bonchev–Trinajstić information content (AvgIpc) is 3.07. The Bertz CT molecular complexity index is 832. The molecule has 0 unspecified atom stereocenters. The minimum atomic E-state index is -0.482. The molecule has 3 rings (SSSR count). The number of benzene rings is 2. The largest absolute Gasteiger partial charge is 0.493 e. The summed E-state index contributed by atoms with van der Waals surface area (Å²) in [6.45, 7) is 8.14. The molecule has 0 radical (unpaired) electrons. The summed E-state index contributed by atoms with van der Waals surface area (Å²) < 4.78 is 16.7. The number of ether oxygens (including phenoxy) is 3. The third-order valence-electron chi connectivity index (χ3n) is 4.59. The summed E-state index contributed by atoms with van der Waals surface area (Å²) in [6.07, 6.45) is 0.563. The average molecular weight is 399 g/mol. The number of hydrogen-bond acceptors (Lipinski definition) is 5. The number of methoxy groups -OCH3 is 1. The standard InChI is InChI=1S/C23H30N2O4/c1-23(2,3)29-22(26)24-18-12-13-25(16-18)15-17-8-7-9-19(14-17)28-21-11-6-5-10-20(21)27-4/h5-11,14,18H,12-13,15-16H2,1-4H3,(H,24,26)/t18-/m0/s1. The molecule has 0 spiro atoms. The highest BCUT2D eigenvalue weighted by molar-refractivity contribution is 5.68. The Morgan fingerprint density at radius 1 is 1.14 bits per heavy atom. The van der Waals surface area contributed by atoms with Crippen LogP contribution in [-0.2, 0) is 11.3 Å². The van der Waals surface area contributed by atoms with Crippen molar-refractivity contribution < 1.29 is 19.0 Å². The molecule has 1 fully saturated rings. The lowest BCUT2D eigenvalue weighted by molar-refractivity contribution is 0.0505. The maximum Gasteiger partial charge on any atom is 0.407 e. The van der Waals surface area contributed by atoms with Crippen LogP contribution in [0.2, 0.25) is 0 Å². The first-order valence-corrected chi connectivity index (χ1v) is 9.94. The first-order valence-electron chi connectivity index (χ1n) is 9.94. The molecule has 0 aliphatic carbocycles. The number of nitrogens with one attached hydrogen (secondary N) is 1. The molecule has 0 bridgehead atoms. The van der Waals surface area contributed by atoms with Crippen LogP contribution in [0.1, 0.15) is 32.8 Å². The zero-order valence-electron chi connectivity index (χ0n) is 17.6. The SMILES string of the molecule is COc1ccccc1Oc1cccc(CN2CC[C@H](NC(=O)OC(C)(C)C)C2)c1. The Hall–Kier alpha value is -2.73. The van der Waals surface area contributed by atoms with Crippen LogP contribution < -0.4 is 14.8 Å². The van der Waals surface area contributed by atoms with E-state index in [9.17, 15) is 4.79 Å². The second-order valence-corrected chi connectivity index (χ2v) is 8.27. The van der Waals surface area contributed by atoms with Crippen LogP contribution >= 0.6 is 0 Å². The molecule has 1 aliphatic rings. The maximum atomic E-state index is 12.0. The zero-order chi connectivity index (χ0) is 20.9. The second kappa shape index (κ2) is 9.18. The van der Waals surface area contributed by atoms with E-state index in [1.807, 2.05) is 63.2 Å². The van der Waals surface area contributed by atoms with Crippen LogP contribution in [0, 0.1) is 0 Å². The normalized spacial score (nSPS) is 17.0. The summed E-state index contributed by atoms with van der Waals surface area (Å²) in [7, 11) is 1.63. The number of rotatable bonds is 6. The Kier molecular flexibility index (Phi) is 6.64. The van der Waals surface area contributed by atoms with Crippen molar-refractivity contribution in [3.63, 3.8) is 0 Å². The predicted molar refractivity (Wildman–Crippen MR) is 113 cm³/mol. The van der Waals surface area contributed by atoms with E-state index in [0.29, 0.717) is 11.5 Å². The van der Waals surface area contributed by atoms with Crippen LogP contribution in [0.5, 0.6) is 17.2 Å². The molecule has 6 nitrogen and oxygen atoms in total. The van der Waals surface area contributed by atoms with Gasteiger partial charge in [-0.15, -0.1) is 0 Å². The van der Waals surface area contributed by atoms with Gasteiger partial charge in [0, 0.05) is 25.7 Å². The van der Waals surface area contributed by atoms with E-state index in [-0.39, 0.29) is 12.1 Å². The topological polar surface area (TPSA) is 60.0 Å². The van der Waals surface area contributed by atoms with Gasteiger partial charge >= 0.3 is 6.09 Å². The number of carbonyl (C=O) groups excluding carboxylic acids is 1. The molecule has 156 valence electrons. The van der Waals surface area contributed by atoms with E-state index in [0.717, 1.165) is 37.4 Å². The van der Waals surface area contributed by atoms with Crippen molar-refractivity contribution in [2.75, 3.05) is 20.2 Å². The molecule has 6 heteroatoms. The number of carbonyl (C=O) groups is 1. The second-order valence-electron chi connectivity index (χ2n) is 8.27. The number of amides is 1. The van der Waals surface area contributed by atoms with Crippen LogP contribution in [0.3, 0.4) is 0 Å². The van der Waals surface area contributed by atoms with Crippen molar-refractivity contribution in [3.05, 3.63) is 54.1 Å². The molecule has 0 aromatic heterocycles. The molecule has 0 saturated carbocycles. The minimum Gasteiger partial charge on any atom is -0.493 e.